The summed E-state index contributed by atoms with van der Waals surface area (Å²) in [6.07, 6.45) is 2.03. The lowest BCUT2D eigenvalue weighted by molar-refractivity contribution is -0.00160. The molecule has 0 saturated carbocycles. The van der Waals surface area contributed by atoms with Gasteiger partial charge in [-0.3, -0.25) is 0 Å². The number of carbonyl (C=O) groups is 1. The minimum absolute atomic E-state index is 0.0793. The molecule has 1 saturated heterocycles. The van der Waals surface area contributed by atoms with E-state index in [1.54, 1.807) is 11.8 Å². The fraction of sp³-hybridized carbons (Fsp3) is 0.611. The van der Waals surface area contributed by atoms with Gasteiger partial charge in [0.15, 0.2) is 0 Å². The molecule has 1 aliphatic heterocycles. The number of aryl methyl sites for hydroxylation is 2. The van der Waals surface area contributed by atoms with E-state index in [1.807, 2.05) is 6.07 Å². The van der Waals surface area contributed by atoms with Crippen molar-refractivity contribution < 1.29 is 14.6 Å². The van der Waals surface area contributed by atoms with Crippen molar-refractivity contribution in [3.63, 3.8) is 0 Å². The molecule has 2 rings (SSSR count). The lowest BCUT2D eigenvalue weighted by Gasteiger charge is -2.36. The van der Waals surface area contributed by atoms with Crippen LogP contribution in [0.25, 0.3) is 0 Å². The fourth-order valence-corrected chi connectivity index (χ4v) is 3.08. The third-order valence-electron chi connectivity index (χ3n) is 4.32. The van der Waals surface area contributed by atoms with Gasteiger partial charge in [0.1, 0.15) is 0 Å². The van der Waals surface area contributed by atoms with Gasteiger partial charge in [0.25, 0.3) is 0 Å². The largest absolute Gasteiger partial charge is 0.393 e. The quantitative estimate of drug-likeness (QED) is 0.877. The van der Waals surface area contributed by atoms with Crippen LogP contribution in [0.2, 0.25) is 0 Å². The number of nitrogens with zero attached hydrogens (tertiary/aromatic N) is 1. The van der Waals surface area contributed by atoms with E-state index in [0.717, 1.165) is 18.5 Å². The number of urea groups is 1. The minimum Gasteiger partial charge on any atom is -0.393 e. The summed E-state index contributed by atoms with van der Waals surface area (Å²) in [7, 11) is 0. The van der Waals surface area contributed by atoms with Crippen molar-refractivity contribution in [2.75, 3.05) is 25.1 Å². The molecular formula is C18H28N2O3. The Bertz CT molecular complexity index is 531. The Morgan fingerprint density at radius 3 is 2.78 bits per heavy atom. The summed E-state index contributed by atoms with van der Waals surface area (Å²) in [5.74, 6) is 0. The van der Waals surface area contributed by atoms with Gasteiger partial charge >= 0.3 is 6.03 Å². The SMILES string of the molecule is CCc1ccc(NC(=O)N2CCOC[C@H]2C[C@@H](C)O)cc1CC. The van der Waals surface area contributed by atoms with Gasteiger partial charge in [-0.25, -0.2) is 4.79 Å². The molecule has 0 aromatic heterocycles. The second-order valence-electron chi connectivity index (χ2n) is 6.13. The Balaban J connectivity index is 2.07. The van der Waals surface area contributed by atoms with Gasteiger partial charge in [-0.05, 0) is 49.4 Å². The highest BCUT2D eigenvalue weighted by Gasteiger charge is 2.28. The summed E-state index contributed by atoms with van der Waals surface area (Å²) in [6, 6.07) is 5.90. The number of hydrogen-bond acceptors (Lipinski definition) is 3. The van der Waals surface area contributed by atoms with Crippen molar-refractivity contribution in [3.05, 3.63) is 29.3 Å². The Labute approximate surface area is 138 Å². The maximum atomic E-state index is 12.6. The topological polar surface area (TPSA) is 61.8 Å². The van der Waals surface area contributed by atoms with Gasteiger partial charge in [0.05, 0.1) is 25.4 Å². The highest BCUT2D eigenvalue weighted by molar-refractivity contribution is 5.89. The molecule has 0 bridgehead atoms. The third kappa shape index (κ3) is 4.69. The molecule has 0 spiro atoms. The number of ether oxygens (including phenoxy) is 1. The van der Waals surface area contributed by atoms with E-state index in [2.05, 4.69) is 31.3 Å². The number of amides is 2. The molecule has 128 valence electrons. The first-order valence-electron chi connectivity index (χ1n) is 8.50. The predicted molar refractivity (Wildman–Crippen MR) is 91.8 cm³/mol. The Kier molecular flexibility index (Phi) is 6.42. The molecule has 0 radical (unpaired) electrons. The molecule has 2 N–H and O–H groups in total. The number of carbonyl (C=O) groups excluding carboxylic acids is 1. The second-order valence-corrected chi connectivity index (χ2v) is 6.13. The Morgan fingerprint density at radius 2 is 2.13 bits per heavy atom. The van der Waals surface area contributed by atoms with Crippen LogP contribution in [0, 0.1) is 0 Å². The molecule has 1 aliphatic rings. The summed E-state index contributed by atoms with van der Waals surface area (Å²) in [5.41, 5.74) is 3.42. The number of aliphatic hydroxyl groups is 1. The van der Waals surface area contributed by atoms with Gasteiger partial charge in [-0.2, -0.15) is 0 Å². The summed E-state index contributed by atoms with van der Waals surface area (Å²) in [4.78, 5) is 14.4. The lowest BCUT2D eigenvalue weighted by atomic mass is 10.0. The van der Waals surface area contributed by atoms with Crippen LogP contribution in [-0.2, 0) is 17.6 Å². The van der Waals surface area contributed by atoms with Crippen molar-refractivity contribution in [1.29, 1.82) is 0 Å². The summed E-state index contributed by atoms with van der Waals surface area (Å²) in [5, 5.41) is 12.6. The number of hydrogen-bond donors (Lipinski definition) is 2. The van der Waals surface area contributed by atoms with Gasteiger partial charge in [-0.1, -0.05) is 19.9 Å². The molecule has 5 heteroatoms. The average molecular weight is 320 g/mol. The van der Waals surface area contributed by atoms with E-state index in [1.165, 1.54) is 11.1 Å². The van der Waals surface area contributed by atoms with Gasteiger partial charge in [0.2, 0.25) is 0 Å². The number of anilines is 1. The number of benzene rings is 1. The highest BCUT2D eigenvalue weighted by atomic mass is 16.5. The second kappa shape index (κ2) is 8.31. The molecule has 2 amide bonds. The van der Waals surface area contributed by atoms with Crippen LogP contribution in [-0.4, -0.2) is 47.9 Å². The molecule has 1 aromatic rings. The smallest absolute Gasteiger partial charge is 0.322 e. The molecule has 1 heterocycles. The van der Waals surface area contributed by atoms with E-state index >= 15 is 0 Å². The monoisotopic (exact) mass is 320 g/mol. The van der Waals surface area contributed by atoms with Crippen LogP contribution in [0.3, 0.4) is 0 Å². The number of rotatable bonds is 5. The van der Waals surface area contributed by atoms with Crippen LogP contribution in [0.5, 0.6) is 0 Å². The van der Waals surface area contributed by atoms with E-state index in [4.69, 9.17) is 4.74 Å². The first kappa shape index (κ1) is 17.8. The average Bonchev–Trinajstić information content (AvgIpc) is 2.54. The van der Waals surface area contributed by atoms with Crippen LogP contribution in [0.4, 0.5) is 10.5 Å². The molecule has 1 fully saturated rings. The molecule has 0 aliphatic carbocycles. The maximum absolute atomic E-state index is 12.6. The van der Waals surface area contributed by atoms with E-state index in [-0.39, 0.29) is 12.1 Å². The first-order chi connectivity index (χ1) is 11.0. The van der Waals surface area contributed by atoms with Gasteiger partial charge in [-0.15, -0.1) is 0 Å². The van der Waals surface area contributed by atoms with Crippen LogP contribution < -0.4 is 5.32 Å². The molecule has 5 nitrogen and oxygen atoms in total. The molecule has 2 atom stereocenters. The zero-order valence-corrected chi connectivity index (χ0v) is 14.3. The zero-order chi connectivity index (χ0) is 16.8. The maximum Gasteiger partial charge on any atom is 0.322 e. The van der Waals surface area contributed by atoms with Crippen molar-refractivity contribution in [2.45, 2.75) is 52.2 Å². The molecule has 0 unspecified atom stereocenters. The zero-order valence-electron chi connectivity index (χ0n) is 14.3. The first-order valence-corrected chi connectivity index (χ1v) is 8.50. The van der Waals surface area contributed by atoms with Crippen molar-refractivity contribution in [3.8, 4) is 0 Å². The Morgan fingerprint density at radius 1 is 1.39 bits per heavy atom. The van der Waals surface area contributed by atoms with E-state index in [9.17, 15) is 9.90 Å². The summed E-state index contributed by atoms with van der Waals surface area (Å²) < 4.78 is 5.45. The summed E-state index contributed by atoms with van der Waals surface area (Å²) in [6.45, 7) is 7.58. The normalized spacial score (nSPS) is 19.5. The highest BCUT2D eigenvalue weighted by Crippen LogP contribution is 2.19. The van der Waals surface area contributed by atoms with Crippen LogP contribution in [0.1, 0.15) is 38.3 Å². The minimum atomic E-state index is -0.451. The van der Waals surface area contributed by atoms with E-state index < -0.39 is 6.10 Å². The van der Waals surface area contributed by atoms with Crippen LogP contribution >= 0.6 is 0 Å². The Hall–Kier alpha value is -1.59. The number of nitrogens with one attached hydrogen (secondary N) is 1. The summed E-state index contributed by atoms with van der Waals surface area (Å²) >= 11 is 0. The third-order valence-corrected chi connectivity index (χ3v) is 4.32. The molecule has 1 aromatic carbocycles. The van der Waals surface area contributed by atoms with Crippen molar-refractivity contribution in [2.24, 2.45) is 0 Å². The predicted octanol–water partition coefficient (Wildman–Crippen LogP) is 2.82. The molecular weight excluding hydrogens is 292 g/mol. The van der Waals surface area contributed by atoms with Gasteiger partial charge < -0.3 is 20.1 Å². The lowest BCUT2D eigenvalue weighted by Crippen LogP contribution is -2.51. The molecule has 23 heavy (non-hydrogen) atoms. The van der Waals surface area contributed by atoms with Crippen molar-refractivity contribution >= 4 is 11.7 Å². The van der Waals surface area contributed by atoms with Crippen LogP contribution in [0.15, 0.2) is 18.2 Å². The fourth-order valence-electron chi connectivity index (χ4n) is 3.08. The van der Waals surface area contributed by atoms with Crippen molar-refractivity contribution in [1.82, 2.24) is 4.90 Å². The van der Waals surface area contributed by atoms with E-state index in [0.29, 0.717) is 26.2 Å². The standard InChI is InChI=1S/C18H28N2O3/c1-4-14-6-7-16(11-15(14)5-2)19-18(22)20-8-9-23-12-17(20)10-13(3)21/h6-7,11,13,17,21H,4-5,8-10,12H2,1-3H3,(H,19,22)/t13-,17-/m1/s1. The number of morpholine rings is 1. The number of aliphatic hydroxyl groups excluding tert-OH is 1. The van der Waals surface area contributed by atoms with Gasteiger partial charge in [0, 0.05) is 12.2 Å².